The molecule has 1 heterocycles. The third-order valence-corrected chi connectivity index (χ3v) is 4.41. The average Bonchev–Trinajstić information content (AvgIpc) is 2.44. The lowest BCUT2D eigenvalue weighted by atomic mass is 9.92. The zero-order valence-corrected chi connectivity index (χ0v) is 13.1. The molecule has 3 nitrogen and oxygen atoms in total. The smallest absolute Gasteiger partial charge is 0.222 e. The molecule has 0 aromatic carbocycles. The molecule has 1 amide bonds. The Balaban J connectivity index is 2.03. The quantitative estimate of drug-likeness (QED) is 0.686. The molecule has 0 aliphatic carbocycles. The van der Waals surface area contributed by atoms with Crippen LogP contribution in [0.2, 0.25) is 0 Å². The highest BCUT2D eigenvalue weighted by atomic mass is 16.1. The Hall–Kier alpha value is -0.570. The number of carbonyl (C=O) groups is 1. The van der Waals surface area contributed by atoms with Crippen molar-refractivity contribution in [3.8, 4) is 0 Å². The molecule has 3 heteroatoms. The van der Waals surface area contributed by atoms with Crippen LogP contribution in [-0.2, 0) is 4.79 Å². The van der Waals surface area contributed by atoms with Gasteiger partial charge in [-0.2, -0.15) is 0 Å². The lowest BCUT2D eigenvalue weighted by Gasteiger charge is -2.31. The number of hydrogen-bond acceptors (Lipinski definition) is 2. The van der Waals surface area contributed by atoms with Crippen LogP contribution in [0.4, 0.5) is 0 Å². The van der Waals surface area contributed by atoms with E-state index < -0.39 is 0 Å². The van der Waals surface area contributed by atoms with E-state index in [0.717, 1.165) is 31.8 Å². The Kier molecular flexibility index (Phi) is 8.11. The third kappa shape index (κ3) is 6.42. The van der Waals surface area contributed by atoms with E-state index in [1.54, 1.807) is 0 Å². The molecule has 1 aliphatic heterocycles. The summed E-state index contributed by atoms with van der Waals surface area (Å²) in [4.78, 5) is 14.2. The number of amides is 1. The summed E-state index contributed by atoms with van der Waals surface area (Å²) in [5.41, 5.74) is 0. The monoisotopic (exact) mass is 268 g/mol. The Morgan fingerprint density at radius 1 is 1.32 bits per heavy atom. The lowest BCUT2D eigenvalue weighted by molar-refractivity contribution is -0.124. The van der Waals surface area contributed by atoms with Gasteiger partial charge in [0.2, 0.25) is 5.91 Å². The summed E-state index contributed by atoms with van der Waals surface area (Å²) in [7, 11) is 0. The molecule has 0 bridgehead atoms. The fourth-order valence-electron chi connectivity index (χ4n) is 2.78. The largest absolute Gasteiger partial charge is 0.356 e. The summed E-state index contributed by atoms with van der Waals surface area (Å²) >= 11 is 0. The van der Waals surface area contributed by atoms with E-state index in [2.05, 4.69) is 24.1 Å². The SMILES string of the molecule is CCCC1CCN(CCCNC(=O)C(C)CC)CC1. The predicted molar refractivity (Wildman–Crippen MR) is 81.2 cm³/mol. The topological polar surface area (TPSA) is 32.3 Å². The van der Waals surface area contributed by atoms with Crippen molar-refractivity contribution < 1.29 is 4.79 Å². The van der Waals surface area contributed by atoms with Gasteiger partial charge >= 0.3 is 0 Å². The van der Waals surface area contributed by atoms with Crippen LogP contribution in [-0.4, -0.2) is 37.0 Å². The van der Waals surface area contributed by atoms with Crippen molar-refractivity contribution in [1.82, 2.24) is 10.2 Å². The van der Waals surface area contributed by atoms with Gasteiger partial charge in [0.1, 0.15) is 0 Å². The summed E-state index contributed by atoms with van der Waals surface area (Å²) in [5, 5.41) is 3.04. The molecule has 0 aromatic heterocycles. The molecule has 19 heavy (non-hydrogen) atoms. The van der Waals surface area contributed by atoms with Crippen molar-refractivity contribution >= 4 is 5.91 Å². The number of carbonyl (C=O) groups excluding carboxylic acids is 1. The fourth-order valence-corrected chi connectivity index (χ4v) is 2.78. The molecule has 0 radical (unpaired) electrons. The summed E-state index contributed by atoms with van der Waals surface area (Å²) in [5.74, 6) is 1.33. The molecule has 1 atom stereocenters. The number of hydrogen-bond donors (Lipinski definition) is 1. The Morgan fingerprint density at radius 3 is 2.58 bits per heavy atom. The van der Waals surface area contributed by atoms with E-state index >= 15 is 0 Å². The standard InChI is InChI=1S/C16H32N2O/c1-4-7-15-8-12-18(13-9-15)11-6-10-17-16(19)14(3)5-2/h14-15H,4-13H2,1-3H3,(H,17,19). The summed E-state index contributed by atoms with van der Waals surface area (Å²) in [6.07, 6.45) is 7.47. The van der Waals surface area contributed by atoms with Gasteiger partial charge in [-0.3, -0.25) is 4.79 Å². The minimum absolute atomic E-state index is 0.157. The van der Waals surface area contributed by atoms with E-state index in [1.807, 2.05) is 6.92 Å². The van der Waals surface area contributed by atoms with Gasteiger partial charge in [0, 0.05) is 12.5 Å². The van der Waals surface area contributed by atoms with Crippen LogP contribution in [0, 0.1) is 11.8 Å². The van der Waals surface area contributed by atoms with Gasteiger partial charge in [0.25, 0.3) is 0 Å². The molecule has 1 saturated heterocycles. The first-order valence-electron chi connectivity index (χ1n) is 8.17. The first kappa shape index (κ1) is 16.5. The maximum atomic E-state index is 11.6. The molecule has 112 valence electrons. The molecule has 0 saturated carbocycles. The minimum Gasteiger partial charge on any atom is -0.356 e. The maximum Gasteiger partial charge on any atom is 0.222 e. The van der Waals surface area contributed by atoms with E-state index in [-0.39, 0.29) is 11.8 Å². The highest BCUT2D eigenvalue weighted by molar-refractivity contribution is 5.78. The highest BCUT2D eigenvalue weighted by Gasteiger charge is 2.17. The predicted octanol–water partition coefficient (Wildman–Crippen LogP) is 3.05. The van der Waals surface area contributed by atoms with Crippen molar-refractivity contribution in [3.05, 3.63) is 0 Å². The zero-order valence-electron chi connectivity index (χ0n) is 13.1. The van der Waals surface area contributed by atoms with Crippen LogP contribution >= 0.6 is 0 Å². The number of nitrogens with zero attached hydrogens (tertiary/aromatic N) is 1. The van der Waals surface area contributed by atoms with Gasteiger partial charge in [0.15, 0.2) is 0 Å². The van der Waals surface area contributed by atoms with Crippen LogP contribution in [0.25, 0.3) is 0 Å². The summed E-state index contributed by atoms with van der Waals surface area (Å²) < 4.78 is 0. The summed E-state index contributed by atoms with van der Waals surface area (Å²) in [6.45, 7) is 10.8. The Labute approximate surface area is 119 Å². The van der Waals surface area contributed by atoms with Crippen LogP contribution < -0.4 is 5.32 Å². The Morgan fingerprint density at radius 2 is 2.00 bits per heavy atom. The van der Waals surface area contributed by atoms with Gasteiger partial charge in [0.05, 0.1) is 0 Å². The number of nitrogens with one attached hydrogen (secondary N) is 1. The van der Waals surface area contributed by atoms with Crippen molar-refractivity contribution in [1.29, 1.82) is 0 Å². The first-order valence-corrected chi connectivity index (χ1v) is 8.17. The molecule has 1 unspecified atom stereocenters. The lowest BCUT2D eigenvalue weighted by Crippen LogP contribution is -2.36. The zero-order chi connectivity index (χ0) is 14.1. The van der Waals surface area contributed by atoms with Crippen molar-refractivity contribution in [2.75, 3.05) is 26.2 Å². The molecule has 1 aliphatic rings. The van der Waals surface area contributed by atoms with Crippen molar-refractivity contribution in [2.24, 2.45) is 11.8 Å². The second-order valence-corrected chi connectivity index (χ2v) is 6.03. The van der Waals surface area contributed by atoms with Crippen LogP contribution in [0.15, 0.2) is 0 Å². The van der Waals surface area contributed by atoms with Crippen LogP contribution in [0.1, 0.15) is 59.3 Å². The van der Waals surface area contributed by atoms with Gasteiger partial charge in [-0.15, -0.1) is 0 Å². The van der Waals surface area contributed by atoms with E-state index in [0.29, 0.717) is 0 Å². The molecule has 1 fully saturated rings. The molecular formula is C16H32N2O. The second-order valence-electron chi connectivity index (χ2n) is 6.03. The molecule has 1 rings (SSSR count). The fraction of sp³-hybridized carbons (Fsp3) is 0.938. The molecule has 0 aromatic rings. The second kappa shape index (κ2) is 9.35. The van der Waals surface area contributed by atoms with E-state index in [1.165, 1.54) is 38.8 Å². The van der Waals surface area contributed by atoms with Crippen molar-refractivity contribution in [2.45, 2.75) is 59.3 Å². The Bertz CT molecular complexity index is 247. The maximum absolute atomic E-state index is 11.6. The van der Waals surface area contributed by atoms with Gasteiger partial charge in [-0.25, -0.2) is 0 Å². The number of rotatable bonds is 8. The van der Waals surface area contributed by atoms with Gasteiger partial charge < -0.3 is 10.2 Å². The molecule has 1 N–H and O–H groups in total. The minimum atomic E-state index is 0.157. The third-order valence-electron chi connectivity index (χ3n) is 4.41. The normalized spacial score (nSPS) is 19.3. The van der Waals surface area contributed by atoms with E-state index in [4.69, 9.17) is 0 Å². The van der Waals surface area contributed by atoms with E-state index in [9.17, 15) is 4.79 Å². The average molecular weight is 268 g/mol. The van der Waals surface area contributed by atoms with Crippen LogP contribution in [0.3, 0.4) is 0 Å². The van der Waals surface area contributed by atoms with Crippen molar-refractivity contribution in [3.63, 3.8) is 0 Å². The highest BCUT2D eigenvalue weighted by Crippen LogP contribution is 2.21. The van der Waals surface area contributed by atoms with Gasteiger partial charge in [-0.1, -0.05) is 33.6 Å². The first-order chi connectivity index (χ1) is 9.17. The number of likely N-dealkylation sites (tertiary alicyclic amines) is 1. The molecule has 0 spiro atoms. The molecular weight excluding hydrogens is 236 g/mol. The summed E-state index contributed by atoms with van der Waals surface area (Å²) in [6, 6.07) is 0. The van der Waals surface area contributed by atoms with Crippen LogP contribution in [0.5, 0.6) is 0 Å². The van der Waals surface area contributed by atoms with Gasteiger partial charge in [-0.05, 0) is 51.2 Å². The number of piperidine rings is 1.